The van der Waals surface area contributed by atoms with E-state index in [1.165, 1.54) is 16.9 Å². The number of rotatable bonds is 5. The van der Waals surface area contributed by atoms with Gasteiger partial charge in [-0.2, -0.15) is 0 Å². The van der Waals surface area contributed by atoms with Gasteiger partial charge in [-0.1, -0.05) is 45.0 Å². The van der Waals surface area contributed by atoms with E-state index in [0.29, 0.717) is 27.8 Å². The number of aromatic nitrogens is 3. The van der Waals surface area contributed by atoms with Crippen molar-refractivity contribution in [3.8, 4) is 11.4 Å². The summed E-state index contributed by atoms with van der Waals surface area (Å²) in [4.78, 5) is 25.5. The van der Waals surface area contributed by atoms with Crippen LogP contribution in [0.2, 0.25) is 0 Å². The van der Waals surface area contributed by atoms with Gasteiger partial charge < -0.3 is 16.6 Å². The van der Waals surface area contributed by atoms with Gasteiger partial charge in [0.2, 0.25) is 11.8 Å². The first-order valence-corrected chi connectivity index (χ1v) is 10.5. The van der Waals surface area contributed by atoms with E-state index in [9.17, 15) is 14.7 Å². The number of aromatic hydroxyl groups is 1. The highest BCUT2D eigenvalue weighted by Crippen LogP contribution is 2.35. The molecular weight excluding hydrogens is 418 g/mol. The van der Waals surface area contributed by atoms with E-state index in [1.54, 1.807) is 6.07 Å². The Bertz CT molecular complexity index is 1330. The predicted octanol–water partition coefficient (Wildman–Crippen LogP) is 3.21. The van der Waals surface area contributed by atoms with Crippen LogP contribution < -0.4 is 11.5 Å². The van der Waals surface area contributed by atoms with Crippen molar-refractivity contribution in [2.75, 3.05) is 0 Å². The Kier molecular flexibility index (Phi) is 5.37. The van der Waals surface area contributed by atoms with Crippen LogP contribution in [0.15, 0.2) is 54.6 Å². The summed E-state index contributed by atoms with van der Waals surface area (Å²) < 4.78 is 0. The van der Waals surface area contributed by atoms with Crippen LogP contribution in [-0.2, 0) is 11.8 Å². The molecule has 0 bridgehead atoms. The zero-order valence-electron chi connectivity index (χ0n) is 18.7. The van der Waals surface area contributed by atoms with Crippen molar-refractivity contribution in [3.63, 3.8) is 0 Å². The van der Waals surface area contributed by atoms with Gasteiger partial charge in [-0.25, -0.2) is 0 Å². The first-order chi connectivity index (χ1) is 15.6. The van der Waals surface area contributed by atoms with Crippen LogP contribution in [0.5, 0.6) is 5.75 Å². The van der Waals surface area contributed by atoms with E-state index in [4.69, 9.17) is 11.5 Å². The molecule has 0 aliphatic rings. The Balaban J connectivity index is 1.94. The molecule has 168 valence electrons. The van der Waals surface area contributed by atoms with Crippen molar-refractivity contribution in [2.45, 2.75) is 32.6 Å². The maximum Gasteiger partial charge on any atom is 0.249 e. The van der Waals surface area contributed by atoms with Gasteiger partial charge in [-0.3, -0.25) is 9.59 Å². The van der Waals surface area contributed by atoms with Crippen molar-refractivity contribution >= 4 is 22.8 Å². The van der Waals surface area contributed by atoms with Crippen LogP contribution in [0.1, 0.15) is 58.2 Å². The van der Waals surface area contributed by atoms with Gasteiger partial charge in [0.05, 0.1) is 0 Å². The van der Waals surface area contributed by atoms with Gasteiger partial charge in [0.25, 0.3) is 0 Å². The first-order valence-electron chi connectivity index (χ1n) is 10.5. The van der Waals surface area contributed by atoms with Crippen LogP contribution in [0.25, 0.3) is 16.7 Å². The zero-order valence-corrected chi connectivity index (χ0v) is 18.7. The minimum Gasteiger partial charge on any atom is -0.505 e. The third kappa shape index (κ3) is 4.15. The van der Waals surface area contributed by atoms with Gasteiger partial charge >= 0.3 is 0 Å². The van der Waals surface area contributed by atoms with E-state index in [1.807, 2.05) is 57.2 Å². The minimum absolute atomic E-state index is 0.0574. The molecule has 4 rings (SSSR count). The quantitative estimate of drug-likeness (QED) is 0.435. The zero-order chi connectivity index (χ0) is 23.9. The summed E-state index contributed by atoms with van der Waals surface area (Å²) in [6.07, 6.45) is 0.0704. The summed E-state index contributed by atoms with van der Waals surface area (Å²) in [6.45, 7) is 6.14. The number of hydrogen-bond acceptors (Lipinski definition) is 5. The van der Waals surface area contributed by atoms with Gasteiger partial charge in [-0.05, 0) is 46.9 Å². The number of amides is 2. The molecule has 0 saturated carbocycles. The Labute approximate surface area is 190 Å². The minimum atomic E-state index is -0.681. The molecule has 3 aromatic carbocycles. The fourth-order valence-corrected chi connectivity index (χ4v) is 3.80. The molecular formula is C25H25N5O3. The molecule has 0 spiro atoms. The molecule has 2 amide bonds. The number of primary amides is 2. The number of carbonyl (C=O) groups is 2. The summed E-state index contributed by atoms with van der Waals surface area (Å²) >= 11 is 0. The topological polar surface area (TPSA) is 137 Å². The molecule has 0 saturated heterocycles. The maximum atomic E-state index is 12.1. The summed E-state index contributed by atoms with van der Waals surface area (Å²) in [5.41, 5.74) is 14.8. The third-order valence-corrected chi connectivity index (χ3v) is 5.61. The molecule has 0 aliphatic carbocycles. The Morgan fingerprint density at radius 2 is 1.45 bits per heavy atom. The molecule has 1 heterocycles. The van der Waals surface area contributed by atoms with E-state index in [2.05, 4.69) is 10.2 Å². The molecule has 8 nitrogen and oxygen atoms in total. The van der Waals surface area contributed by atoms with Gasteiger partial charge in [0, 0.05) is 23.1 Å². The van der Waals surface area contributed by atoms with Gasteiger partial charge in [0.15, 0.2) is 0 Å². The van der Waals surface area contributed by atoms with Crippen molar-refractivity contribution in [3.05, 3.63) is 82.4 Å². The smallest absolute Gasteiger partial charge is 0.249 e. The van der Waals surface area contributed by atoms with E-state index >= 15 is 0 Å². The standard InChI is InChI=1S/C25H25N5O3/c1-25(2,3)15-11-14(12-18-16(23(26)32)7-6-8-17(18)24(27)33)22(31)21(13-15)30-28-19-9-4-5-10-20(19)29-30/h4-11,13,31H,12H2,1-3H3,(H2,26,32)(H2,27,33). The van der Waals surface area contributed by atoms with Crippen LogP contribution in [-0.4, -0.2) is 31.9 Å². The van der Waals surface area contributed by atoms with Crippen LogP contribution >= 0.6 is 0 Å². The van der Waals surface area contributed by atoms with Gasteiger partial charge in [-0.15, -0.1) is 15.0 Å². The summed E-state index contributed by atoms with van der Waals surface area (Å²) in [6, 6.07) is 15.7. The molecule has 0 atom stereocenters. The number of nitrogens with zero attached hydrogens (tertiary/aromatic N) is 3. The van der Waals surface area contributed by atoms with E-state index in [0.717, 1.165) is 5.56 Å². The number of fused-ring (bicyclic) bond motifs is 1. The van der Waals surface area contributed by atoms with E-state index < -0.39 is 11.8 Å². The lowest BCUT2D eigenvalue weighted by Crippen LogP contribution is -2.20. The average molecular weight is 444 g/mol. The maximum absolute atomic E-state index is 12.1. The highest BCUT2D eigenvalue weighted by molar-refractivity contribution is 6.01. The highest BCUT2D eigenvalue weighted by Gasteiger charge is 2.23. The lowest BCUT2D eigenvalue weighted by molar-refractivity contribution is 0.0999. The molecule has 4 aromatic rings. The van der Waals surface area contributed by atoms with Crippen molar-refractivity contribution in [1.29, 1.82) is 0 Å². The molecule has 0 unspecified atom stereocenters. The van der Waals surface area contributed by atoms with Crippen molar-refractivity contribution in [2.24, 2.45) is 11.5 Å². The number of hydrogen-bond donors (Lipinski definition) is 3. The number of carbonyl (C=O) groups excluding carboxylic acids is 2. The predicted molar refractivity (Wildman–Crippen MR) is 126 cm³/mol. The Morgan fingerprint density at radius 1 is 0.909 bits per heavy atom. The molecule has 5 N–H and O–H groups in total. The van der Waals surface area contributed by atoms with Gasteiger partial charge in [0.1, 0.15) is 22.5 Å². The summed E-state index contributed by atoms with van der Waals surface area (Å²) in [5, 5.41) is 20.3. The number of benzene rings is 3. The lowest BCUT2D eigenvalue weighted by Gasteiger charge is -2.22. The molecule has 33 heavy (non-hydrogen) atoms. The Morgan fingerprint density at radius 3 is 1.94 bits per heavy atom. The summed E-state index contributed by atoms with van der Waals surface area (Å²) in [5.74, 6) is -1.42. The van der Waals surface area contributed by atoms with Crippen molar-refractivity contribution in [1.82, 2.24) is 15.0 Å². The normalized spacial score (nSPS) is 11.6. The highest BCUT2D eigenvalue weighted by atomic mass is 16.3. The number of phenols is 1. The number of phenolic OH excluding ortho intramolecular Hbond substituents is 1. The van der Waals surface area contributed by atoms with Crippen molar-refractivity contribution < 1.29 is 14.7 Å². The summed E-state index contributed by atoms with van der Waals surface area (Å²) in [7, 11) is 0. The fraction of sp³-hybridized carbons (Fsp3) is 0.200. The lowest BCUT2D eigenvalue weighted by atomic mass is 9.84. The monoisotopic (exact) mass is 443 g/mol. The van der Waals surface area contributed by atoms with Crippen LogP contribution in [0, 0.1) is 0 Å². The fourth-order valence-electron chi connectivity index (χ4n) is 3.80. The number of nitrogens with two attached hydrogens (primary N) is 2. The van der Waals surface area contributed by atoms with Crippen LogP contribution in [0.4, 0.5) is 0 Å². The second-order valence-corrected chi connectivity index (χ2v) is 8.97. The van der Waals surface area contributed by atoms with E-state index in [-0.39, 0.29) is 28.7 Å². The first kappa shape index (κ1) is 22.0. The van der Waals surface area contributed by atoms with Crippen LogP contribution in [0.3, 0.4) is 0 Å². The molecule has 1 aromatic heterocycles. The Hall–Kier alpha value is -4.20. The third-order valence-electron chi connectivity index (χ3n) is 5.61. The second-order valence-electron chi connectivity index (χ2n) is 8.97. The molecule has 8 heteroatoms. The average Bonchev–Trinajstić information content (AvgIpc) is 3.18. The molecule has 0 fully saturated rings. The largest absolute Gasteiger partial charge is 0.505 e. The molecule has 0 aliphatic heterocycles. The molecule has 0 radical (unpaired) electrons. The SMILES string of the molecule is CC(C)(C)c1cc(Cc2c(C(N)=O)cccc2C(N)=O)c(O)c(-n2nc3ccccc3n2)c1. The second kappa shape index (κ2) is 8.05.